The highest BCUT2D eigenvalue weighted by Crippen LogP contribution is 2.38. The molecule has 3 fully saturated rings. The van der Waals surface area contributed by atoms with Crippen LogP contribution in [0.15, 0.2) is 36.6 Å². The van der Waals surface area contributed by atoms with Crippen molar-refractivity contribution >= 4 is 0 Å². The highest BCUT2D eigenvalue weighted by molar-refractivity contribution is 5.02. The van der Waals surface area contributed by atoms with Crippen LogP contribution in [0.25, 0.3) is 0 Å². The van der Waals surface area contributed by atoms with Gasteiger partial charge in [-0.1, -0.05) is 37.8 Å². The summed E-state index contributed by atoms with van der Waals surface area (Å²) in [5.41, 5.74) is 2.98. The Hall–Kier alpha value is -1.10. The van der Waals surface area contributed by atoms with Gasteiger partial charge in [-0.25, -0.2) is 0 Å². The van der Waals surface area contributed by atoms with Crippen LogP contribution in [0.4, 0.5) is 0 Å². The molecule has 0 bridgehead atoms. The molecule has 0 amide bonds. The van der Waals surface area contributed by atoms with Crippen LogP contribution in [0.2, 0.25) is 0 Å². The van der Waals surface area contributed by atoms with E-state index in [-0.39, 0.29) is 5.41 Å². The van der Waals surface area contributed by atoms with Gasteiger partial charge in [0, 0.05) is 69.2 Å². The van der Waals surface area contributed by atoms with E-state index < -0.39 is 0 Å². The van der Waals surface area contributed by atoms with Gasteiger partial charge in [-0.15, -0.1) is 0 Å². The molecule has 6 unspecified atom stereocenters. The molecule has 0 saturated carbocycles. The molecule has 0 aromatic rings. The zero-order valence-corrected chi connectivity index (χ0v) is 22.2. The van der Waals surface area contributed by atoms with Gasteiger partial charge in [-0.2, -0.15) is 0 Å². The topological polar surface area (TPSA) is 18.3 Å². The molecule has 3 aliphatic rings. The van der Waals surface area contributed by atoms with Gasteiger partial charge >= 0.3 is 0 Å². The maximum absolute atomic E-state index is 6.32. The number of ether oxygens (including phenoxy) is 1. The molecule has 4 heteroatoms. The summed E-state index contributed by atoms with van der Waals surface area (Å²) in [6.45, 7) is 30.3. The maximum Gasteiger partial charge on any atom is 0.0933 e. The Bertz CT molecular complexity index is 598. The van der Waals surface area contributed by atoms with E-state index in [0.29, 0.717) is 0 Å². The standard InChI is InChI=1S/C29H51N3O/c1-8-29(14-9-23(2)11-16-30-19-25(30)4,15-10-24(3)12-17-31-20-26(31)5)22-33-28(7)13-18-32-21-27(32)6/h25-27H,2-3,7-22H2,1,4-6H3. The second kappa shape index (κ2) is 12.0. The Labute approximate surface area is 204 Å². The normalized spacial score (nSPS) is 31.5. The second-order valence-corrected chi connectivity index (χ2v) is 11.5. The van der Waals surface area contributed by atoms with Crippen molar-refractivity contribution in [3.63, 3.8) is 0 Å². The molecule has 0 spiro atoms. The minimum absolute atomic E-state index is 0.183. The van der Waals surface area contributed by atoms with E-state index in [1.54, 1.807) is 0 Å². The van der Waals surface area contributed by atoms with Crippen molar-refractivity contribution in [3.05, 3.63) is 36.6 Å². The average Bonchev–Trinajstić information content (AvgIpc) is 3.74. The number of hydrogen-bond donors (Lipinski definition) is 0. The van der Waals surface area contributed by atoms with Crippen molar-refractivity contribution in [1.29, 1.82) is 0 Å². The van der Waals surface area contributed by atoms with Crippen molar-refractivity contribution in [1.82, 2.24) is 14.7 Å². The third-order valence-corrected chi connectivity index (χ3v) is 8.50. The highest BCUT2D eigenvalue weighted by atomic mass is 16.5. The van der Waals surface area contributed by atoms with Gasteiger partial charge in [0.25, 0.3) is 0 Å². The molecule has 0 aromatic heterocycles. The van der Waals surface area contributed by atoms with Crippen LogP contribution in [0.1, 0.15) is 79.1 Å². The highest BCUT2D eigenvalue weighted by Gasteiger charge is 2.32. The summed E-state index contributed by atoms with van der Waals surface area (Å²) in [5.74, 6) is 0.954. The first-order chi connectivity index (χ1) is 15.7. The Morgan fingerprint density at radius 3 is 1.48 bits per heavy atom. The molecule has 0 radical (unpaired) electrons. The number of hydrogen-bond acceptors (Lipinski definition) is 4. The molecule has 3 aliphatic heterocycles. The lowest BCUT2D eigenvalue weighted by atomic mass is 9.75. The fourth-order valence-electron chi connectivity index (χ4n) is 4.87. The van der Waals surface area contributed by atoms with Crippen molar-refractivity contribution < 1.29 is 4.74 Å². The van der Waals surface area contributed by atoms with Crippen LogP contribution in [0.3, 0.4) is 0 Å². The Kier molecular flexibility index (Phi) is 9.67. The van der Waals surface area contributed by atoms with Gasteiger partial charge in [0.2, 0.25) is 0 Å². The first-order valence-corrected chi connectivity index (χ1v) is 13.6. The lowest BCUT2D eigenvalue weighted by molar-refractivity contribution is 0.0660. The minimum Gasteiger partial charge on any atom is -0.498 e. The Morgan fingerprint density at radius 1 is 0.727 bits per heavy atom. The Balaban J connectivity index is 1.46. The molecule has 0 N–H and O–H groups in total. The molecule has 4 nitrogen and oxygen atoms in total. The second-order valence-electron chi connectivity index (χ2n) is 11.5. The van der Waals surface area contributed by atoms with Crippen molar-refractivity contribution in [2.24, 2.45) is 5.41 Å². The lowest BCUT2D eigenvalue weighted by Gasteiger charge is -2.34. The van der Waals surface area contributed by atoms with Gasteiger partial charge in [0.05, 0.1) is 12.4 Å². The SMILES string of the molecule is C=C(CCN1CC1C)CCC(CC)(CCC(=C)CCN1CC1C)COC(=C)CCN1CC1C. The number of rotatable bonds is 19. The fourth-order valence-corrected chi connectivity index (χ4v) is 4.87. The molecule has 6 atom stereocenters. The van der Waals surface area contributed by atoms with E-state index in [1.165, 1.54) is 43.9 Å². The van der Waals surface area contributed by atoms with E-state index in [9.17, 15) is 0 Å². The van der Waals surface area contributed by atoms with Gasteiger partial charge in [-0.3, -0.25) is 14.7 Å². The predicted molar refractivity (Wildman–Crippen MR) is 142 cm³/mol. The van der Waals surface area contributed by atoms with E-state index in [2.05, 4.69) is 62.1 Å². The smallest absolute Gasteiger partial charge is 0.0933 e. The predicted octanol–water partition coefficient (Wildman–Crippen LogP) is 5.87. The minimum atomic E-state index is 0.183. The monoisotopic (exact) mass is 457 g/mol. The summed E-state index contributed by atoms with van der Waals surface area (Å²) in [6.07, 6.45) is 8.88. The zero-order chi connectivity index (χ0) is 24.0. The van der Waals surface area contributed by atoms with Crippen LogP contribution in [-0.4, -0.2) is 78.7 Å². The van der Waals surface area contributed by atoms with E-state index in [0.717, 1.165) is 88.4 Å². The molecule has 3 rings (SSSR count). The van der Waals surface area contributed by atoms with Crippen LogP contribution >= 0.6 is 0 Å². The lowest BCUT2D eigenvalue weighted by Crippen LogP contribution is -2.27. The van der Waals surface area contributed by atoms with Crippen molar-refractivity contribution in [3.8, 4) is 0 Å². The third kappa shape index (κ3) is 9.22. The number of nitrogens with zero attached hydrogens (tertiary/aromatic N) is 3. The van der Waals surface area contributed by atoms with E-state index in [4.69, 9.17) is 4.74 Å². The van der Waals surface area contributed by atoms with Crippen LogP contribution in [-0.2, 0) is 4.74 Å². The summed E-state index contributed by atoms with van der Waals surface area (Å²) in [7, 11) is 0. The molecule has 188 valence electrons. The quantitative estimate of drug-likeness (QED) is 0.137. The van der Waals surface area contributed by atoms with Gasteiger partial charge in [-0.05, 0) is 65.7 Å². The molecule has 33 heavy (non-hydrogen) atoms. The maximum atomic E-state index is 6.32. The van der Waals surface area contributed by atoms with Gasteiger partial charge < -0.3 is 4.74 Å². The summed E-state index contributed by atoms with van der Waals surface area (Å²) in [6, 6.07) is 2.31. The summed E-state index contributed by atoms with van der Waals surface area (Å²) in [4.78, 5) is 7.54. The fraction of sp³-hybridized carbons (Fsp3) is 0.793. The largest absolute Gasteiger partial charge is 0.498 e. The third-order valence-electron chi connectivity index (χ3n) is 8.50. The average molecular weight is 458 g/mol. The van der Waals surface area contributed by atoms with Crippen molar-refractivity contribution in [2.75, 3.05) is 45.9 Å². The first kappa shape index (κ1) is 26.5. The summed E-state index contributed by atoms with van der Waals surface area (Å²) < 4.78 is 6.32. The summed E-state index contributed by atoms with van der Waals surface area (Å²) >= 11 is 0. The molecular formula is C29H51N3O. The molecule has 3 saturated heterocycles. The van der Waals surface area contributed by atoms with E-state index >= 15 is 0 Å². The Morgan fingerprint density at radius 2 is 1.12 bits per heavy atom. The molecule has 0 aromatic carbocycles. The summed E-state index contributed by atoms with van der Waals surface area (Å²) in [5, 5.41) is 0. The first-order valence-electron chi connectivity index (χ1n) is 13.6. The van der Waals surface area contributed by atoms with Gasteiger partial charge in [0.1, 0.15) is 0 Å². The molecular weight excluding hydrogens is 406 g/mol. The van der Waals surface area contributed by atoms with Crippen LogP contribution in [0.5, 0.6) is 0 Å². The molecule has 0 aliphatic carbocycles. The van der Waals surface area contributed by atoms with Gasteiger partial charge in [0.15, 0.2) is 0 Å². The van der Waals surface area contributed by atoms with E-state index in [1.807, 2.05) is 0 Å². The van der Waals surface area contributed by atoms with Crippen LogP contribution < -0.4 is 0 Å². The van der Waals surface area contributed by atoms with Crippen molar-refractivity contribution in [2.45, 2.75) is 97.2 Å². The van der Waals surface area contributed by atoms with Crippen LogP contribution in [0, 0.1) is 5.41 Å². The molecule has 3 heterocycles. The zero-order valence-electron chi connectivity index (χ0n) is 22.2.